The predicted octanol–water partition coefficient (Wildman–Crippen LogP) is 2.99. The summed E-state index contributed by atoms with van der Waals surface area (Å²) >= 11 is 0. The molecular weight excluding hydrogens is 232 g/mol. The molecule has 0 radical (unpaired) electrons. The number of pyridine rings is 1. The smallest absolute Gasteiger partial charge is 0.0664 e. The van der Waals surface area contributed by atoms with Gasteiger partial charge in [-0.05, 0) is 18.4 Å². The van der Waals surface area contributed by atoms with E-state index in [0.717, 1.165) is 17.7 Å². The van der Waals surface area contributed by atoms with Gasteiger partial charge in [0.05, 0.1) is 27.6 Å². The number of aromatic nitrogens is 1. The van der Waals surface area contributed by atoms with Gasteiger partial charge < -0.3 is 5.73 Å². The molecule has 0 amide bonds. The van der Waals surface area contributed by atoms with Crippen LogP contribution in [0.3, 0.4) is 0 Å². The molecular formula is C13H22N2OS. The first-order chi connectivity index (χ1) is 8.19. The molecule has 2 N–H and O–H groups in total. The minimum Gasteiger partial charge on any atom is -0.396 e. The fourth-order valence-corrected chi connectivity index (χ4v) is 3.34. The second-order valence-electron chi connectivity index (χ2n) is 4.34. The Labute approximate surface area is 106 Å². The van der Waals surface area contributed by atoms with Gasteiger partial charge in [0.2, 0.25) is 0 Å². The third-order valence-corrected chi connectivity index (χ3v) is 4.62. The molecule has 1 aromatic rings. The lowest BCUT2D eigenvalue weighted by molar-refractivity contribution is 0.494. The SMILES string of the molecule is CCCCC(CC)CS(=O)c1ccncc1N. The molecule has 3 nitrogen and oxygen atoms in total. The molecule has 1 rings (SSSR count). The van der Waals surface area contributed by atoms with Crippen LogP contribution in [0.2, 0.25) is 0 Å². The first kappa shape index (κ1) is 14.2. The van der Waals surface area contributed by atoms with Gasteiger partial charge in [-0.25, -0.2) is 0 Å². The lowest BCUT2D eigenvalue weighted by Gasteiger charge is -2.14. The Hall–Kier alpha value is -0.900. The highest BCUT2D eigenvalue weighted by Crippen LogP contribution is 2.20. The van der Waals surface area contributed by atoms with E-state index in [1.54, 1.807) is 18.5 Å². The molecule has 0 spiro atoms. The molecule has 0 saturated carbocycles. The average Bonchev–Trinajstić information content (AvgIpc) is 2.34. The van der Waals surface area contributed by atoms with Crippen LogP contribution in [0.15, 0.2) is 23.4 Å². The standard InChI is InChI=1S/C13H22N2OS/c1-3-5-6-11(4-2)10-17(16)13-7-8-15-9-12(13)14/h7-9,11H,3-6,10,14H2,1-2H3. The summed E-state index contributed by atoms with van der Waals surface area (Å²) in [6.07, 6.45) is 7.86. The summed E-state index contributed by atoms with van der Waals surface area (Å²) in [4.78, 5) is 4.65. The lowest BCUT2D eigenvalue weighted by Crippen LogP contribution is -2.12. The maximum Gasteiger partial charge on any atom is 0.0664 e. The maximum atomic E-state index is 12.2. The highest BCUT2D eigenvalue weighted by Gasteiger charge is 2.14. The van der Waals surface area contributed by atoms with E-state index in [0.29, 0.717) is 17.4 Å². The van der Waals surface area contributed by atoms with Crippen LogP contribution in [0.4, 0.5) is 5.69 Å². The summed E-state index contributed by atoms with van der Waals surface area (Å²) in [5, 5.41) is 0. The fourth-order valence-electron chi connectivity index (χ4n) is 1.80. The lowest BCUT2D eigenvalue weighted by atomic mass is 10.0. The van der Waals surface area contributed by atoms with Crippen LogP contribution < -0.4 is 5.73 Å². The Morgan fingerprint density at radius 2 is 2.24 bits per heavy atom. The van der Waals surface area contributed by atoms with E-state index in [1.807, 2.05) is 0 Å². The second-order valence-corrected chi connectivity index (χ2v) is 5.81. The zero-order chi connectivity index (χ0) is 12.7. The molecule has 2 unspecified atom stereocenters. The largest absolute Gasteiger partial charge is 0.396 e. The van der Waals surface area contributed by atoms with Gasteiger partial charge in [-0.1, -0.05) is 33.1 Å². The van der Waals surface area contributed by atoms with E-state index in [9.17, 15) is 4.21 Å². The molecule has 0 aliphatic carbocycles. The van der Waals surface area contributed by atoms with Crippen LogP contribution in [-0.4, -0.2) is 14.9 Å². The van der Waals surface area contributed by atoms with E-state index >= 15 is 0 Å². The van der Waals surface area contributed by atoms with Crippen molar-refractivity contribution in [3.05, 3.63) is 18.5 Å². The number of nitrogens with zero attached hydrogens (tertiary/aromatic N) is 1. The normalized spacial score (nSPS) is 14.5. The maximum absolute atomic E-state index is 12.2. The monoisotopic (exact) mass is 254 g/mol. The molecule has 0 aliphatic rings. The Morgan fingerprint density at radius 3 is 2.82 bits per heavy atom. The third kappa shape index (κ3) is 4.46. The van der Waals surface area contributed by atoms with Crippen LogP contribution in [0.25, 0.3) is 0 Å². The molecule has 4 heteroatoms. The summed E-state index contributed by atoms with van der Waals surface area (Å²) < 4.78 is 12.2. The summed E-state index contributed by atoms with van der Waals surface area (Å²) in [6, 6.07) is 1.76. The molecule has 0 aliphatic heterocycles. The summed E-state index contributed by atoms with van der Waals surface area (Å²) in [5.74, 6) is 1.24. The Bertz CT molecular complexity index is 368. The van der Waals surface area contributed by atoms with E-state index in [1.165, 1.54) is 12.8 Å². The van der Waals surface area contributed by atoms with Gasteiger partial charge in [0.1, 0.15) is 0 Å². The zero-order valence-electron chi connectivity index (χ0n) is 10.7. The van der Waals surface area contributed by atoms with Crippen LogP contribution in [0.5, 0.6) is 0 Å². The molecule has 96 valence electrons. The topological polar surface area (TPSA) is 56.0 Å². The van der Waals surface area contributed by atoms with Gasteiger partial charge in [-0.15, -0.1) is 0 Å². The van der Waals surface area contributed by atoms with Crippen LogP contribution in [0, 0.1) is 5.92 Å². The van der Waals surface area contributed by atoms with Crippen LogP contribution in [0.1, 0.15) is 39.5 Å². The number of rotatable bonds is 7. The summed E-state index contributed by atoms with van der Waals surface area (Å²) in [5.41, 5.74) is 6.32. The number of nitrogens with two attached hydrogens (primary N) is 1. The molecule has 2 atom stereocenters. The number of hydrogen-bond acceptors (Lipinski definition) is 3. The second kappa shape index (κ2) is 7.43. The van der Waals surface area contributed by atoms with Gasteiger partial charge in [0.25, 0.3) is 0 Å². The van der Waals surface area contributed by atoms with Crippen molar-refractivity contribution in [2.75, 3.05) is 11.5 Å². The van der Waals surface area contributed by atoms with Crippen molar-refractivity contribution in [3.8, 4) is 0 Å². The van der Waals surface area contributed by atoms with Crippen LogP contribution in [-0.2, 0) is 10.8 Å². The van der Waals surface area contributed by atoms with Crippen molar-refractivity contribution >= 4 is 16.5 Å². The first-order valence-electron chi connectivity index (χ1n) is 6.26. The van der Waals surface area contributed by atoms with Gasteiger partial charge in [-0.3, -0.25) is 9.19 Å². The van der Waals surface area contributed by atoms with E-state index < -0.39 is 10.8 Å². The number of hydrogen-bond donors (Lipinski definition) is 1. The molecule has 17 heavy (non-hydrogen) atoms. The minimum absolute atomic E-state index is 0.531. The molecule has 0 bridgehead atoms. The van der Waals surface area contributed by atoms with Crippen LogP contribution >= 0.6 is 0 Å². The number of nitrogen functional groups attached to an aromatic ring is 1. The van der Waals surface area contributed by atoms with Crippen molar-refractivity contribution in [3.63, 3.8) is 0 Å². The van der Waals surface area contributed by atoms with Crippen molar-refractivity contribution < 1.29 is 4.21 Å². The van der Waals surface area contributed by atoms with Crippen molar-refractivity contribution in [2.45, 2.75) is 44.4 Å². The number of unbranched alkanes of at least 4 members (excludes halogenated alkanes) is 1. The van der Waals surface area contributed by atoms with Crippen molar-refractivity contribution in [2.24, 2.45) is 5.92 Å². The van der Waals surface area contributed by atoms with E-state index in [2.05, 4.69) is 18.8 Å². The quantitative estimate of drug-likeness (QED) is 0.814. The Kier molecular flexibility index (Phi) is 6.19. The summed E-state index contributed by atoms with van der Waals surface area (Å²) in [6.45, 7) is 4.35. The molecule has 0 aromatic carbocycles. The summed E-state index contributed by atoms with van der Waals surface area (Å²) in [7, 11) is -0.993. The van der Waals surface area contributed by atoms with Gasteiger partial charge in [0.15, 0.2) is 0 Å². The van der Waals surface area contributed by atoms with E-state index in [-0.39, 0.29) is 0 Å². The highest BCUT2D eigenvalue weighted by molar-refractivity contribution is 7.85. The van der Waals surface area contributed by atoms with E-state index in [4.69, 9.17) is 5.73 Å². The molecule has 1 aromatic heterocycles. The molecule has 0 fully saturated rings. The Balaban J connectivity index is 2.61. The predicted molar refractivity (Wildman–Crippen MR) is 73.2 cm³/mol. The van der Waals surface area contributed by atoms with Crippen molar-refractivity contribution in [1.82, 2.24) is 4.98 Å². The van der Waals surface area contributed by atoms with Gasteiger partial charge in [0, 0.05) is 11.9 Å². The van der Waals surface area contributed by atoms with Gasteiger partial charge >= 0.3 is 0 Å². The first-order valence-corrected chi connectivity index (χ1v) is 7.58. The Morgan fingerprint density at radius 1 is 1.47 bits per heavy atom. The minimum atomic E-state index is -0.993. The zero-order valence-corrected chi connectivity index (χ0v) is 11.5. The fraction of sp³-hybridized carbons (Fsp3) is 0.615. The molecule has 1 heterocycles. The molecule has 0 saturated heterocycles. The third-order valence-electron chi connectivity index (χ3n) is 2.99. The number of anilines is 1. The highest BCUT2D eigenvalue weighted by atomic mass is 32.2. The van der Waals surface area contributed by atoms with Gasteiger partial charge in [-0.2, -0.15) is 0 Å². The average molecular weight is 254 g/mol. The van der Waals surface area contributed by atoms with Crippen molar-refractivity contribution in [1.29, 1.82) is 0 Å².